The minimum Gasteiger partial charge on any atom is -0.0877 e. The topological polar surface area (TPSA) is 0 Å². The van der Waals surface area contributed by atoms with Gasteiger partial charge in [-0.15, -0.1) is 0 Å². The molecule has 0 N–H and O–H groups in total. The van der Waals surface area contributed by atoms with Crippen molar-refractivity contribution in [3.05, 3.63) is 59.3 Å². The largest absolute Gasteiger partial charge is 0.0877 e. The summed E-state index contributed by atoms with van der Waals surface area (Å²) in [7, 11) is 0. The third kappa shape index (κ3) is 4.18. The molecule has 0 heteroatoms. The third-order valence-corrected chi connectivity index (χ3v) is 3.55. The molecule has 0 aromatic rings. The van der Waals surface area contributed by atoms with Gasteiger partial charge in [0.25, 0.3) is 0 Å². The molecule has 0 fully saturated rings. The maximum Gasteiger partial charge on any atom is -0.00981 e. The van der Waals surface area contributed by atoms with Crippen LogP contribution in [0.5, 0.6) is 0 Å². The van der Waals surface area contributed by atoms with E-state index >= 15 is 0 Å². The SMILES string of the molecule is C/C=C/C=C/C(C)=C\C=C1/C(C)=CCCC1(C)C. The van der Waals surface area contributed by atoms with Crippen molar-refractivity contribution in [3.63, 3.8) is 0 Å². The molecule has 0 saturated carbocycles. The smallest absolute Gasteiger partial charge is 0.00981 e. The van der Waals surface area contributed by atoms with E-state index < -0.39 is 0 Å². The van der Waals surface area contributed by atoms with Gasteiger partial charge in [-0.1, -0.05) is 67.5 Å². The average molecular weight is 242 g/mol. The minimum absolute atomic E-state index is 0.308. The van der Waals surface area contributed by atoms with Crippen LogP contribution in [0.3, 0.4) is 0 Å². The van der Waals surface area contributed by atoms with Crippen molar-refractivity contribution in [2.24, 2.45) is 5.41 Å². The van der Waals surface area contributed by atoms with Crippen LogP contribution in [0.15, 0.2) is 59.3 Å². The van der Waals surface area contributed by atoms with Crippen LogP contribution in [-0.2, 0) is 0 Å². The lowest BCUT2D eigenvalue weighted by Gasteiger charge is -2.32. The lowest BCUT2D eigenvalue weighted by atomic mass is 9.73. The van der Waals surface area contributed by atoms with Gasteiger partial charge in [-0.05, 0) is 44.6 Å². The lowest BCUT2D eigenvalue weighted by Crippen LogP contribution is -2.18. The van der Waals surface area contributed by atoms with Crippen LogP contribution in [0, 0.1) is 5.41 Å². The second kappa shape index (κ2) is 6.58. The van der Waals surface area contributed by atoms with E-state index in [0.717, 1.165) is 0 Å². The molecule has 0 aliphatic heterocycles. The molecule has 0 aromatic heterocycles. The van der Waals surface area contributed by atoms with Crippen LogP contribution in [-0.4, -0.2) is 0 Å². The molecular formula is C18H26. The fourth-order valence-corrected chi connectivity index (χ4v) is 2.37. The van der Waals surface area contributed by atoms with Gasteiger partial charge in [0, 0.05) is 0 Å². The van der Waals surface area contributed by atoms with Crippen LogP contribution >= 0.6 is 0 Å². The summed E-state index contributed by atoms with van der Waals surface area (Å²) in [4.78, 5) is 0. The molecule has 0 aromatic carbocycles. The first-order chi connectivity index (χ1) is 8.47. The maximum absolute atomic E-state index is 2.36. The number of hydrogen-bond donors (Lipinski definition) is 0. The quantitative estimate of drug-likeness (QED) is 0.552. The van der Waals surface area contributed by atoms with Crippen molar-refractivity contribution < 1.29 is 0 Å². The zero-order chi connectivity index (χ0) is 13.6. The lowest BCUT2D eigenvalue weighted by molar-refractivity contribution is 0.404. The van der Waals surface area contributed by atoms with E-state index in [-0.39, 0.29) is 0 Å². The van der Waals surface area contributed by atoms with Crippen LogP contribution in [0.4, 0.5) is 0 Å². The van der Waals surface area contributed by atoms with E-state index in [1.54, 1.807) is 0 Å². The Hall–Kier alpha value is -1.30. The molecule has 0 atom stereocenters. The Kier molecular flexibility index (Phi) is 5.40. The van der Waals surface area contributed by atoms with Crippen molar-refractivity contribution >= 4 is 0 Å². The summed E-state index contributed by atoms with van der Waals surface area (Å²) in [5.41, 5.74) is 4.51. The van der Waals surface area contributed by atoms with Crippen LogP contribution < -0.4 is 0 Å². The Morgan fingerprint density at radius 3 is 2.61 bits per heavy atom. The molecule has 0 heterocycles. The first-order valence-corrected chi connectivity index (χ1v) is 6.83. The first kappa shape index (κ1) is 14.8. The maximum atomic E-state index is 2.36. The van der Waals surface area contributed by atoms with E-state index in [0.29, 0.717) is 5.41 Å². The van der Waals surface area contributed by atoms with Gasteiger partial charge >= 0.3 is 0 Å². The highest BCUT2D eigenvalue weighted by Crippen LogP contribution is 2.40. The molecule has 0 bridgehead atoms. The summed E-state index contributed by atoms with van der Waals surface area (Å²) in [6.07, 6.45) is 17.7. The summed E-state index contributed by atoms with van der Waals surface area (Å²) >= 11 is 0. The predicted molar refractivity (Wildman–Crippen MR) is 82.6 cm³/mol. The van der Waals surface area contributed by atoms with E-state index in [2.05, 4.69) is 64.2 Å². The van der Waals surface area contributed by atoms with Crippen LogP contribution in [0.25, 0.3) is 0 Å². The van der Waals surface area contributed by atoms with E-state index in [1.807, 2.05) is 13.0 Å². The average Bonchev–Trinajstić information content (AvgIpc) is 2.28. The number of allylic oxidation sites excluding steroid dienone is 10. The van der Waals surface area contributed by atoms with E-state index in [1.165, 1.54) is 29.6 Å². The molecule has 0 unspecified atom stereocenters. The van der Waals surface area contributed by atoms with Gasteiger partial charge in [-0.2, -0.15) is 0 Å². The number of rotatable bonds is 3. The highest BCUT2D eigenvalue weighted by Gasteiger charge is 2.26. The first-order valence-electron chi connectivity index (χ1n) is 6.83. The van der Waals surface area contributed by atoms with Crippen molar-refractivity contribution in [2.45, 2.75) is 47.5 Å². The predicted octanol–water partition coefficient (Wildman–Crippen LogP) is 5.76. The molecule has 1 aliphatic rings. The molecule has 98 valence electrons. The number of hydrogen-bond acceptors (Lipinski definition) is 0. The monoisotopic (exact) mass is 242 g/mol. The van der Waals surface area contributed by atoms with Gasteiger partial charge < -0.3 is 0 Å². The zero-order valence-electron chi connectivity index (χ0n) is 12.5. The normalized spacial score (nSPS) is 23.1. The molecule has 0 nitrogen and oxygen atoms in total. The van der Waals surface area contributed by atoms with Crippen molar-refractivity contribution in [3.8, 4) is 0 Å². The second-order valence-electron chi connectivity index (χ2n) is 5.69. The second-order valence-corrected chi connectivity index (χ2v) is 5.69. The molecule has 0 spiro atoms. The van der Waals surface area contributed by atoms with E-state index in [9.17, 15) is 0 Å². The van der Waals surface area contributed by atoms with Crippen molar-refractivity contribution in [1.82, 2.24) is 0 Å². The summed E-state index contributed by atoms with van der Waals surface area (Å²) in [6, 6.07) is 0. The molecule has 1 rings (SSSR count). The Balaban J connectivity index is 2.91. The Morgan fingerprint density at radius 2 is 2.00 bits per heavy atom. The summed E-state index contributed by atoms with van der Waals surface area (Å²) in [5, 5.41) is 0. The van der Waals surface area contributed by atoms with Crippen molar-refractivity contribution in [1.29, 1.82) is 0 Å². The highest BCUT2D eigenvalue weighted by atomic mass is 14.3. The minimum atomic E-state index is 0.308. The van der Waals surface area contributed by atoms with Gasteiger partial charge in [0.05, 0.1) is 0 Å². The van der Waals surface area contributed by atoms with Gasteiger partial charge in [0.1, 0.15) is 0 Å². The van der Waals surface area contributed by atoms with Gasteiger partial charge in [0.15, 0.2) is 0 Å². The van der Waals surface area contributed by atoms with Crippen molar-refractivity contribution in [2.75, 3.05) is 0 Å². The summed E-state index contributed by atoms with van der Waals surface area (Å²) in [5.74, 6) is 0. The fourth-order valence-electron chi connectivity index (χ4n) is 2.37. The molecular weight excluding hydrogens is 216 g/mol. The Labute approximate surface area is 112 Å². The third-order valence-electron chi connectivity index (χ3n) is 3.55. The van der Waals surface area contributed by atoms with Gasteiger partial charge in [0.2, 0.25) is 0 Å². The fraction of sp³-hybridized carbons (Fsp3) is 0.444. The Bertz CT molecular complexity index is 423. The molecule has 0 radical (unpaired) electrons. The zero-order valence-corrected chi connectivity index (χ0v) is 12.5. The molecule has 0 saturated heterocycles. The molecule has 0 amide bonds. The van der Waals surface area contributed by atoms with Crippen LogP contribution in [0.1, 0.15) is 47.5 Å². The summed E-state index contributed by atoms with van der Waals surface area (Å²) < 4.78 is 0. The van der Waals surface area contributed by atoms with Crippen LogP contribution in [0.2, 0.25) is 0 Å². The standard InChI is InChI=1S/C18H26/c1-6-7-8-10-15(2)12-13-17-16(3)11-9-14-18(17,4)5/h6-8,10-13H,9,14H2,1-5H3/b7-6+,10-8+,15-12-,17-13+. The van der Waals surface area contributed by atoms with E-state index in [4.69, 9.17) is 0 Å². The molecule has 18 heavy (non-hydrogen) atoms. The van der Waals surface area contributed by atoms with Gasteiger partial charge in [-0.25, -0.2) is 0 Å². The van der Waals surface area contributed by atoms with Gasteiger partial charge in [-0.3, -0.25) is 0 Å². The highest BCUT2D eigenvalue weighted by molar-refractivity contribution is 5.40. The Morgan fingerprint density at radius 1 is 1.28 bits per heavy atom. The molecule has 1 aliphatic carbocycles. The summed E-state index contributed by atoms with van der Waals surface area (Å²) in [6.45, 7) is 11.1.